The van der Waals surface area contributed by atoms with E-state index in [2.05, 4.69) is 0 Å². The molecule has 0 fully saturated rings. The lowest BCUT2D eigenvalue weighted by Gasteiger charge is -2.16. The molecule has 0 aliphatic rings. The molecule has 0 amide bonds. The molecular formula is C14H22O2. The first kappa shape index (κ1) is 14.7. The van der Waals surface area contributed by atoms with Crippen molar-refractivity contribution >= 4 is 5.78 Å². The predicted molar refractivity (Wildman–Crippen MR) is 67.7 cm³/mol. The van der Waals surface area contributed by atoms with Crippen molar-refractivity contribution < 1.29 is 9.53 Å². The Morgan fingerprint density at radius 2 is 1.62 bits per heavy atom. The molecule has 1 rings (SSSR count). The van der Waals surface area contributed by atoms with Crippen LogP contribution < -0.4 is 4.74 Å². The van der Waals surface area contributed by atoms with E-state index >= 15 is 0 Å². The quantitative estimate of drug-likeness (QED) is 0.779. The SMILES string of the molecule is CC.CC(C)(C)C(=O)COc1ccccc1. The van der Waals surface area contributed by atoms with Gasteiger partial charge in [-0.3, -0.25) is 4.79 Å². The van der Waals surface area contributed by atoms with Gasteiger partial charge in [-0.2, -0.15) is 0 Å². The molecule has 0 atom stereocenters. The minimum atomic E-state index is -0.325. The van der Waals surface area contributed by atoms with Crippen molar-refractivity contribution in [2.45, 2.75) is 34.6 Å². The minimum absolute atomic E-state index is 0.112. The van der Waals surface area contributed by atoms with Crippen molar-refractivity contribution in [2.24, 2.45) is 5.41 Å². The summed E-state index contributed by atoms with van der Waals surface area (Å²) in [6.45, 7) is 9.82. The van der Waals surface area contributed by atoms with E-state index in [1.54, 1.807) is 0 Å². The molecule has 2 nitrogen and oxygen atoms in total. The van der Waals surface area contributed by atoms with Crippen LogP contribution in [0.25, 0.3) is 0 Å². The van der Waals surface area contributed by atoms with E-state index in [0.29, 0.717) is 0 Å². The lowest BCUT2D eigenvalue weighted by molar-refractivity contribution is -0.128. The van der Waals surface area contributed by atoms with Gasteiger partial charge in [0.15, 0.2) is 5.78 Å². The van der Waals surface area contributed by atoms with Crippen LogP contribution in [0, 0.1) is 5.41 Å². The average molecular weight is 222 g/mol. The van der Waals surface area contributed by atoms with Crippen LogP contribution in [-0.2, 0) is 4.79 Å². The normalized spacial score (nSPS) is 10.1. The summed E-state index contributed by atoms with van der Waals surface area (Å²) in [6, 6.07) is 9.37. The van der Waals surface area contributed by atoms with Crippen LogP contribution in [0.2, 0.25) is 0 Å². The van der Waals surface area contributed by atoms with Crippen LogP contribution in [0.1, 0.15) is 34.6 Å². The van der Waals surface area contributed by atoms with E-state index < -0.39 is 0 Å². The number of carbonyl (C=O) groups excluding carboxylic acids is 1. The highest BCUT2D eigenvalue weighted by atomic mass is 16.5. The van der Waals surface area contributed by atoms with Crippen molar-refractivity contribution in [3.8, 4) is 5.75 Å². The average Bonchev–Trinajstić information content (AvgIpc) is 2.28. The second-order valence-electron chi connectivity index (χ2n) is 4.27. The number of ketones is 1. The Balaban J connectivity index is 0.00000106. The van der Waals surface area contributed by atoms with Crippen molar-refractivity contribution in [1.82, 2.24) is 0 Å². The highest BCUT2D eigenvalue weighted by Crippen LogP contribution is 2.16. The largest absolute Gasteiger partial charge is 0.486 e. The molecule has 0 saturated carbocycles. The smallest absolute Gasteiger partial charge is 0.175 e. The molecule has 0 spiro atoms. The molecule has 0 aromatic heterocycles. The minimum Gasteiger partial charge on any atom is -0.486 e. The number of ether oxygens (including phenoxy) is 1. The monoisotopic (exact) mass is 222 g/mol. The summed E-state index contributed by atoms with van der Waals surface area (Å²) in [7, 11) is 0. The van der Waals surface area contributed by atoms with Gasteiger partial charge in [-0.1, -0.05) is 52.8 Å². The molecule has 0 saturated heterocycles. The van der Waals surface area contributed by atoms with Gasteiger partial charge in [0.1, 0.15) is 12.4 Å². The molecule has 0 radical (unpaired) electrons. The Hall–Kier alpha value is -1.31. The maximum atomic E-state index is 11.5. The zero-order valence-electron chi connectivity index (χ0n) is 10.9. The first-order valence-electron chi connectivity index (χ1n) is 5.71. The number of rotatable bonds is 3. The Morgan fingerprint density at radius 3 is 2.06 bits per heavy atom. The molecule has 0 bridgehead atoms. The van der Waals surface area contributed by atoms with E-state index in [1.807, 2.05) is 65.0 Å². The lowest BCUT2D eigenvalue weighted by atomic mass is 9.91. The van der Waals surface area contributed by atoms with Crippen molar-refractivity contribution in [1.29, 1.82) is 0 Å². The number of para-hydroxylation sites is 1. The van der Waals surface area contributed by atoms with Crippen molar-refractivity contribution in [3.63, 3.8) is 0 Å². The van der Waals surface area contributed by atoms with Crippen LogP contribution >= 0.6 is 0 Å². The fraction of sp³-hybridized carbons (Fsp3) is 0.500. The van der Waals surface area contributed by atoms with E-state index in [9.17, 15) is 4.79 Å². The topological polar surface area (TPSA) is 26.3 Å². The van der Waals surface area contributed by atoms with E-state index in [0.717, 1.165) is 5.75 Å². The second kappa shape index (κ2) is 7.04. The molecule has 0 heterocycles. The summed E-state index contributed by atoms with van der Waals surface area (Å²) >= 11 is 0. The predicted octanol–water partition coefficient (Wildman–Crippen LogP) is 3.71. The third-order valence-electron chi connectivity index (χ3n) is 1.95. The van der Waals surface area contributed by atoms with Gasteiger partial charge in [0.2, 0.25) is 0 Å². The van der Waals surface area contributed by atoms with Crippen LogP contribution in [0.15, 0.2) is 30.3 Å². The number of Topliss-reactive ketones (excluding diaryl/α,β-unsaturated/α-hetero) is 1. The summed E-state index contributed by atoms with van der Waals surface area (Å²) in [5.74, 6) is 0.853. The Morgan fingerprint density at radius 1 is 1.12 bits per heavy atom. The van der Waals surface area contributed by atoms with Crippen LogP contribution in [0.3, 0.4) is 0 Å². The van der Waals surface area contributed by atoms with Crippen LogP contribution in [0.4, 0.5) is 0 Å². The zero-order valence-corrected chi connectivity index (χ0v) is 10.9. The van der Waals surface area contributed by atoms with Gasteiger partial charge in [0.25, 0.3) is 0 Å². The molecule has 2 heteroatoms. The van der Waals surface area contributed by atoms with Crippen LogP contribution in [0.5, 0.6) is 5.75 Å². The van der Waals surface area contributed by atoms with Gasteiger partial charge in [0, 0.05) is 5.41 Å². The number of hydrogen-bond donors (Lipinski definition) is 0. The molecule has 16 heavy (non-hydrogen) atoms. The summed E-state index contributed by atoms with van der Waals surface area (Å²) in [4.78, 5) is 11.5. The summed E-state index contributed by atoms with van der Waals surface area (Å²) in [5.41, 5.74) is -0.325. The Kier molecular flexibility index (Phi) is 6.47. The van der Waals surface area contributed by atoms with Crippen molar-refractivity contribution in [3.05, 3.63) is 30.3 Å². The van der Waals surface area contributed by atoms with Crippen molar-refractivity contribution in [2.75, 3.05) is 6.61 Å². The van der Waals surface area contributed by atoms with E-state index in [4.69, 9.17) is 4.74 Å². The maximum Gasteiger partial charge on any atom is 0.175 e. The van der Waals surface area contributed by atoms with E-state index in [1.165, 1.54) is 0 Å². The maximum absolute atomic E-state index is 11.5. The lowest BCUT2D eigenvalue weighted by Crippen LogP contribution is -2.26. The Labute approximate surface area is 98.6 Å². The molecule has 1 aromatic carbocycles. The summed E-state index contributed by atoms with van der Waals surface area (Å²) in [6.07, 6.45) is 0. The third kappa shape index (κ3) is 5.54. The van der Waals surface area contributed by atoms with Gasteiger partial charge >= 0.3 is 0 Å². The number of benzene rings is 1. The second-order valence-corrected chi connectivity index (χ2v) is 4.27. The van der Waals surface area contributed by atoms with Gasteiger partial charge in [-0.05, 0) is 12.1 Å². The van der Waals surface area contributed by atoms with Gasteiger partial charge in [-0.25, -0.2) is 0 Å². The van der Waals surface area contributed by atoms with Gasteiger partial charge in [0.05, 0.1) is 0 Å². The third-order valence-corrected chi connectivity index (χ3v) is 1.95. The van der Waals surface area contributed by atoms with Gasteiger partial charge < -0.3 is 4.74 Å². The fourth-order valence-electron chi connectivity index (χ4n) is 0.882. The zero-order chi connectivity index (χ0) is 12.6. The summed E-state index contributed by atoms with van der Waals surface area (Å²) < 4.78 is 5.34. The number of hydrogen-bond acceptors (Lipinski definition) is 2. The van der Waals surface area contributed by atoms with Crippen LogP contribution in [-0.4, -0.2) is 12.4 Å². The highest BCUT2D eigenvalue weighted by molar-refractivity contribution is 5.85. The molecule has 0 aliphatic carbocycles. The fourth-order valence-corrected chi connectivity index (χ4v) is 0.882. The Bertz CT molecular complexity index is 296. The summed E-state index contributed by atoms with van der Waals surface area (Å²) in [5, 5.41) is 0. The van der Waals surface area contributed by atoms with E-state index in [-0.39, 0.29) is 17.8 Å². The molecule has 0 N–H and O–H groups in total. The number of carbonyl (C=O) groups is 1. The first-order chi connectivity index (χ1) is 7.50. The molecule has 0 unspecified atom stereocenters. The molecule has 90 valence electrons. The highest BCUT2D eigenvalue weighted by Gasteiger charge is 2.21. The molecule has 0 aliphatic heterocycles. The molecular weight excluding hydrogens is 200 g/mol. The first-order valence-corrected chi connectivity index (χ1v) is 5.71. The standard InChI is InChI=1S/C12H16O2.C2H6/c1-12(2,3)11(13)9-14-10-7-5-4-6-8-10;1-2/h4-8H,9H2,1-3H3;1-2H3. The molecule has 1 aromatic rings. The van der Waals surface area contributed by atoms with Gasteiger partial charge in [-0.15, -0.1) is 0 Å².